The second-order valence-corrected chi connectivity index (χ2v) is 8.55. The molecule has 1 aliphatic carbocycles. The van der Waals surface area contributed by atoms with E-state index in [1.807, 2.05) is 59.0 Å². The summed E-state index contributed by atoms with van der Waals surface area (Å²) in [5.74, 6) is -0.225. The highest BCUT2D eigenvalue weighted by Crippen LogP contribution is 2.24. The number of aromatic nitrogens is 4. The van der Waals surface area contributed by atoms with Crippen molar-refractivity contribution in [2.24, 2.45) is 7.05 Å². The number of aliphatic hydroxyl groups is 1. The van der Waals surface area contributed by atoms with Gasteiger partial charge in [-0.3, -0.25) is 4.79 Å². The maximum absolute atomic E-state index is 13.0. The number of aliphatic hydroxyl groups excluding tert-OH is 1. The monoisotopic (exact) mass is 429 g/mol. The number of rotatable bonds is 5. The van der Waals surface area contributed by atoms with Crippen LogP contribution in [0.1, 0.15) is 47.3 Å². The van der Waals surface area contributed by atoms with Gasteiger partial charge in [0.2, 0.25) is 0 Å². The van der Waals surface area contributed by atoms with Crippen LogP contribution in [-0.2, 0) is 13.5 Å². The van der Waals surface area contributed by atoms with Gasteiger partial charge in [0, 0.05) is 25.6 Å². The predicted octanol–water partition coefficient (Wildman–Crippen LogP) is 3.38. The number of aryl methyl sites for hydroxylation is 1. The first-order valence-corrected chi connectivity index (χ1v) is 11.1. The van der Waals surface area contributed by atoms with Gasteiger partial charge in [-0.1, -0.05) is 25.0 Å². The molecule has 2 N–H and O–H groups in total. The van der Waals surface area contributed by atoms with Crippen molar-refractivity contribution in [2.45, 2.75) is 44.2 Å². The lowest BCUT2D eigenvalue weighted by molar-refractivity contribution is 0.0714. The van der Waals surface area contributed by atoms with Crippen molar-refractivity contribution in [3.8, 4) is 5.69 Å². The molecule has 1 amide bonds. The zero-order valence-electron chi connectivity index (χ0n) is 18.1. The normalized spacial score (nSPS) is 18.7. The summed E-state index contributed by atoms with van der Waals surface area (Å²) in [6.45, 7) is 0. The Labute approximate surface area is 186 Å². The topological polar surface area (TPSA) is 85.0 Å². The summed E-state index contributed by atoms with van der Waals surface area (Å²) in [5.41, 5.74) is 5.41. The van der Waals surface area contributed by atoms with Crippen LogP contribution in [0, 0.1) is 0 Å². The van der Waals surface area contributed by atoms with Crippen LogP contribution in [-0.4, -0.2) is 42.5 Å². The summed E-state index contributed by atoms with van der Waals surface area (Å²) in [6.07, 6.45) is 9.40. The van der Waals surface area contributed by atoms with Crippen LogP contribution in [0.4, 0.5) is 0 Å². The highest BCUT2D eigenvalue weighted by molar-refractivity contribution is 5.95. The molecule has 0 unspecified atom stereocenters. The lowest BCUT2D eigenvalue weighted by Gasteiger charge is -2.28. The Kier molecular flexibility index (Phi) is 5.49. The number of carbonyl (C=O) groups is 1. The molecular formula is C25H27N5O2. The van der Waals surface area contributed by atoms with Crippen molar-refractivity contribution >= 4 is 16.9 Å². The van der Waals surface area contributed by atoms with Crippen LogP contribution in [0.3, 0.4) is 0 Å². The summed E-state index contributed by atoms with van der Waals surface area (Å²) in [7, 11) is 1.99. The van der Waals surface area contributed by atoms with Crippen LogP contribution >= 0.6 is 0 Å². The van der Waals surface area contributed by atoms with Crippen molar-refractivity contribution in [1.29, 1.82) is 0 Å². The van der Waals surface area contributed by atoms with E-state index in [-0.39, 0.29) is 11.9 Å². The number of hydrogen-bond donors (Lipinski definition) is 2. The molecule has 7 heteroatoms. The van der Waals surface area contributed by atoms with Gasteiger partial charge < -0.3 is 15.0 Å². The smallest absolute Gasteiger partial charge is 0.270 e. The van der Waals surface area contributed by atoms with E-state index in [2.05, 4.69) is 27.5 Å². The predicted molar refractivity (Wildman–Crippen MR) is 123 cm³/mol. The zero-order chi connectivity index (χ0) is 22.1. The Bertz CT molecular complexity index is 1230. The Hall–Kier alpha value is -3.45. The van der Waals surface area contributed by atoms with Gasteiger partial charge in [-0.25, -0.2) is 9.67 Å². The molecule has 1 fully saturated rings. The number of amides is 1. The molecule has 0 saturated heterocycles. The van der Waals surface area contributed by atoms with Gasteiger partial charge in [0.1, 0.15) is 5.69 Å². The van der Waals surface area contributed by atoms with Gasteiger partial charge in [0.25, 0.3) is 5.91 Å². The minimum atomic E-state index is -0.485. The second kappa shape index (κ2) is 8.59. The molecule has 5 rings (SSSR count). The molecular weight excluding hydrogens is 402 g/mol. The average Bonchev–Trinajstić information content (AvgIpc) is 3.46. The minimum Gasteiger partial charge on any atom is -0.391 e. The average molecular weight is 430 g/mol. The molecule has 0 bridgehead atoms. The van der Waals surface area contributed by atoms with Crippen molar-refractivity contribution in [1.82, 2.24) is 24.6 Å². The fraction of sp³-hybridized carbons (Fsp3) is 0.320. The lowest BCUT2D eigenvalue weighted by atomic mass is 9.92. The summed E-state index contributed by atoms with van der Waals surface area (Å²) >= 11 is 0. The summed E-state index contributed by atoms with van der Waals surface area (Å²) in [4.78, 5) is 17.6. The molecule has 1 aliphatic rings. The second-order valence-electron chi connectivity index (χ2n) is 8.55. The number of benzene rings is 1. The van der Waals surface area contributed by atoms with Crippen LogP contribution < -0.4 is 5.32 Å². The van der Waals surface area contributed by atoms with E-state index >= 15 is 0 Å². The number of pyridine rings is 1. The van der Waals surface area contributed by atoms with E-state index in [9.17, 15) is 9.90 Å². The third kappa shape index (κ3) is 4.03. The first-order valence-electron chi connectivity index (χ1n) is 11.1. The number of fused-ring (bicyclic) bond motifs is 1. The molecule has 0 radical (unpaired) electrons. The van der Waals surface area contributed by atoms with E-state index in [0.717, 1.165) is 53.5 Å². The van der Waals surface area contributed by atoms with Crippen molar-refractivity contribution in [3.05, 3.63) is 77.9 Å². The van der Waals surface area contributed by atoms with Crippen molar-refractivity contribution in [3.63, 3.8) is 0 Å². The Morgan fingerprint density at radius 2 is 1.97 bits per heavy atom. The number of nitrogens with one attached hydrogen (secondary N) is 1. The number of carbonyl (C=O) groups excluding carboxylic acids is 1. The molecule has 1 saturated carbocycles. The van der Waals surface area contributed by atoms with Crippen LogP contribution in [0.15, 0.2) is 61.1 Å². The van der Waals surface area contributed by atoms with Crippen molar-refractivity contribution in [2.75, 3.05) is 0 Å². The maximum atomic E-state index is 13.0. The van der Waals surface area contributed by atoms with Crippen LogP contribution in [0.25, 0.3) is 16.7 Å². The van der Waals surface area contributed by atoms with Gasteiger partial charge >= 0.3 is 0 Å². The van der Waals surface area contributed by atoms with E-state index in [4.69, 9.17) is 0 Å². The van der Waals surface area contributed by atoms with Gasteiger partial charge in [-0.15, -0.1) is 0 Å². The number of hydrogen-bond acceptors (Lipinski definition) is 4. The largest absolute Gasteiger partial charge is 0.391 e. The van der Waals surface area contributed by atoms with E-state index in [0.29, 0.717) is 12.1 Å². The highest BCUT2D eigenvalue weighted by Gasteiger charge is 2.25. The van der Waals surface area contributed by atoms with Gasteiger partial charge in [0.15, 0.2) is 0 Å². The molecule has 4 aromatic rings. The molecule has 1 aromatic carbocycles. The summed E-state index contributed by atoms with van der Waals surface area (Å²) < 4.78 is 3.87. The van der Waals surface area contributed by atoms with Gasteiger partial charge in [-0.05, 0) is 60.7 Å². The molecule has 3 aromatic heterocycles. The Balaban J connectivity index is 1.43. The van der Waals surface area contributed by atoms with Crippen LogP contribution in [0.2, 0.25) is 0 Å². The highest BCUT2D eigenvalue weighted by atomic mass is 16.3. The van der Waals surface area contributed by atoms with E-state index in [1.54, 1.807) is 6.20 Å². The quantitative estimate of drug-likeness (QED) is 0.509. The third-order valence-corrected chi connectivity index (χ3v) is 6.29. The van der Waals surface area contributed by atoms with E-state index in [1.165, 1.54) is 0 Å². The molecule has 164 valence electrons. The maximum Gasteiger partial charge on any atom is 0.270 e. The fourth-order valence-corrected chi connectivity index (χ4v) is 4.57. The first kappa shape index (κ1) is 20.5. The summed E-state index contributed by atoms with van der Waals surface area (Å²) in [6, 6.07) is 13.8. The van der Waals surface area contributed by atoms with E-state index < -0.39 is 6.10 Å². The third-order valence-electron chi connectivity index (χ3n) is 6.29. The van der Waals surface area contributed by atoms with Gasteiger partial charge in [-0.2, -0.15) is 5.10 Å². The zero-order valence-corrected chi connectivity index (χ0v) is 18.1. The standard InChI is InChI=1S/C25H27N5O2/c1-29-14-11-21-24(29)18(15-17-7-9-19(10-8-17)30-13-4-12-26-30)16-22(27-21)25(32)28-20-5-2-3-6-23(20)31/h4,7-14,16,20,23,31H,2-3,5-6,15H2,1H3,(H,28,32)/t20-,23-/m0/s1. The molecule has 2 atom stereocenters. The van der Waals surface area contributed by atoms with Crippen molar-refractivity contribution < 1.29 is 9.90 Å². The fourth-order valence-electron chi connectivity index (χ4n) is 4.57. The first-order chi connectivity index (χ1) is 15.6. The SMILES string of the molecule is Cn1ccc2nc(C(=O)N[C@H]3CCCC[C@@H]3O)cc(Cc3ccc(-n4cccn4)cc3)c21. The van der Waals surface area contributed by atoms with Gasteiger partial charge in [0.05, 0.1) is 28.9 Å². The lowest BCUT2D eigenvalue weighted by Crippen LogP contribution is -2.45. The molecule has 7 nitrogen and oxygen atoms in total. The summed E-state index contributed by atoms with van der Waals surface area (Å²) in [5, 5.41) is 17.5. The minimum absolute atomic E-state index is 0.206. The van der Waals surface area contributed by atoms with Crippen LogP contribution in [0.5, 0.6) is 0 Å². The molecule has 0 spiro atoms. The Morgan fingerprint density at radius 3 is 2.72 bits per heavy atom. The Morgan fingerprint density at radius 1 is 1.16 bits per heavy atom. The molecule has 0 aliphatic heterocycles. The number of nitrogens with zero attached hydrogens (tertiary/aromatic N) is 4. The molecule has 3 heterocycles. The molecule has 32 heavy (non-hydrogen) atoms.